The molecular weight excluding hydrogens is 176 g/mol. The third-order valence-corrected chi connectivity index (χ3v) is 2.12. The molecule has 68 valence electrons. The van der Waals surface area contributed by atoms with Crippen LogP contribution in [0.3, 0.4) is 0 Å². The predicted molar refractivity (Wildman–Crippen MR) is 54.0 cm³/mol. The van der Waals surface area contributed by atoms with E-state index in [4.69, 9.17) is 5.26 Å². The fourth-order valence-electron chi connectivity index (χ4n) is 1.40. The van der Waals surface area contributed by atoms with Gasteiger partial charge >= 0.3 is 0 Å². The van der Waals surface area contributed by atoms with Gasteiger partial charge in [0.15, 0.2) is 0 Å². The second kappa shape index (κ2) is 3.00. The number of hydrogen-bond acceptors (Lipinski definition) is 2. The Balaban J connectivity index is 2.88. The van der Waals surface area contributed by atoms with Crippen molar-refractivity contribution >= 4 is 10.9 Å². The first-order valence-electron chi connectivity index (χ1n) is 4.24. The molecule has 1 aromatic carbocycles. The maximum Gasteiger partial charge on any atom is 0.266 e. The van der Waals surface area contributed by atoms with Crippen molar-refractivity contribution in [1.82, 2.24) is 4.98 Å². The van der Waals surface area contributed by atoms with Gasteiger partial charge in [-0.15, -0.1) is 0 Å². The van der Waals surface area contributed by atoms with Gasteiger partial charge in [-0.1, -0.05) is 12.1 Å². The summed E-state index contributed by atoms with van der Waals surface area (Å²) >= 11 is 0. The van der Waals surface area contributed by atoms with Crippen molar-refractivity contribution in [3.63, 3.8) is 0 Å². The van der Waals surface area contributed by atoms with Crippen LogP contribution >= 0.6 is 0 Å². The number of aromatic amines is 1. The van der Waals surface area contributed by atoms with Crippen LogP contribution in [0, 0.1) is 18.3 Å². The number of H-pyrrole nitrogens is 1. The molecule has 0 radical (unpaired) electrons. The lowest BCUT2D eigenvalue weighted by molar-refractivity contribution is 1.27. The van der Waals surface area contributed by atoms with Gasteiger partial charge < -0.3 is 4.98 Å². The van der Waals surface area contributed by atoms with Crippen LogP contribution < -0.4 is 5.56 Å². The number of aromatic nitrogens is 1. The van der Waals surface area contributed by atoms with E-state index in [1.807, 2.05) is 31.2 Å². The molecule has 0 saturated carbocycles. The lowest BCUT2D eigenvalue weighted by atomic mass is 10.1. The molecule has 0 amide bonds. The van der Waals surface area contributed by atoms with Gasteiger partial charge in [0, 0.05) is 5.52 Å². The molecule has 0 aliphatic heterocycles. The van der Waals surface area contributed by atoms with E-state index in [-0.39, 0.29) is 11.1 Å². The van der Waals surface area contributed by atoms with Crippen molar-refractivity contribution < 1.29 is 0 Å². The van der Waals surface area contributed by atoms with Gasteiger partial charge in [-0.3, -0.25) is 4.79 Å². The summed E-state index contributed by atoms with van der Waals surface area (Å²) in [6.07, 6.45) is 0. The Kier molecular flexibility index (Phi) is 1.83. The average molecular weight is 184 g/mol. The smallest absolute Gasteiger partial charge is 0.266 e. The summed E-state index contributed by atoms with van der Waals surface area (Å²) in [5.41, 5.74) is 1.68. The van der Waals surface area contributed by atoms with Crippen LogP contribution in [0.25, 0.3) is 10.9 Å². The number of nitrogens with one attached hydrogen (secondary N) is 1. The van der Waals surface area contributed by atoms with Crippen LogP contribution in [-0.4, -0.2) is 4.98 Å². The van der Waals surface area contributed by atoms with Gasteiger partial charge in [0.2, 0.25) is 0 Å². The van der Waals surface area contributed by atoms with Crippen molar-refractivity contribution in [1.29, 1.82) is 5.26 Å². The molecule has 0 spiro atoms. The van der Waals surface area contributed by atoms with E-state index in [1.54, 1.807) is 6.07 Å². The zero-order chi connectivity index (χ0) is 10.1. The number of aryl methyl sites for hydroxylation is 1. The molecule has 2 aromatic rings. The summed E-state index contributed by atoms with van der Waals surface area (Å²) in [7, 11) is 0. The number of benzene rings is 1. The summed E-state index contributed by atoms with van der Waals surface area (Å²) in [6, 6.07) is 9.19. The highest BCUT2D eigenvalue weighted by Gasteiger charge is 2.00. The van der Waals surface area contributed by atoms with E-state index in [2.05, 4.69) is 4.98 Å². The molecule has 0 saturated heterocycles. The van der Waals surface area contributed by atoms with Gasteiger partial charge in [-0.05, 0) is 30.0 Å². The van der Waals surface area contributed by atoms with Crippen molar-refractivity contribution in [2.45, 2.75) is 6.92 Å². The number of nitrogens with zero attached hydrogens (tertiary/aromatic N) is 1. The van der Waals surface area contributed by atoms with Gasteiger partial charge in [-0.25, -0.2) is 0 Å². The number of rotatable bonds is 0. The Labute approximate surface area is 80.6 Å². The monoisotopic (exact) mass is 184 g/mol. The molecular formula is C11H8N2O. The normalized spacial score (nSPS) is 10.0. The van der Waals surface area contributed by atoms with Gasteiger partial charge in [0.05, 0.1) is 0 Å². The Morgan fingerprint density at radius 1 is 1.36 bits per heavy atom. The van der Waals surface area contributed by atoms with Crippen molar-refractivity contribution in [3.05, 3.63) is 45.7 Å². The highest BCUT2D eigenvalue weighted by Crippen LogP contribution is 2.12. The van der Waals surface area contributed by atoms with Gasteiger partial charge in [0.25, 0.3) is 5.56 Å². The van der Waals surface area contributed by atoms with Crippen LogP contribution in [0.1, 0.15) is 11.1 Å². The summed E-state index contributed by atoms with van der Waals surface area (Å²) < 4.78 is 0. The first-order chi connectivity index (χ1) is 6.70. The molecule has 0 aliphatic rings. The molecule has 14 heavy (non-hydrogen) atoms. The topological polar surface area (TPSA) is 56.6 Å². The molecule has 0 fully saturated rings. The number of nitriles is 1. The van der Waals surface area contributed by atoms with E-state index in [0.29, 0.717) is 0 Å². The Bertz CT molecular complexity index is 590. The summed E-state index contributed by atoms with van der Waals surface area (Å²) in [6.45, 7) is 1.95. The standard InChI is InChI=1S/C11H8N2O/c1-7-2-3-8-5-9(6-12)11(14)13-10(8)4-7/h2-5H,1H3,(H,13,14). The van der Waals surface area contributed by atoms with E-state index >= 15 is 0 Å². The number of hydrogen-bond donors (Lipinski definition) is 1. The van der Waals surface area contributed by atoms with Crippen LogP contribution in [0.2, 0.25) is 0 Å². The maximum atomic E-state index is 11.3. The zero-order valence-electron chi connectivity index (χ0n) is 7.66. The summed E-state index contributed by atoms with van der Waals surface area (Å²) in [4.78, 5) is 14.0. The molecule has 1 heterocycles. The maximum absolute atomic E-state index is 11.3. The SMILES string of the molecule is Cc1ccc2cc(C#N)c(=O)[nH]c2c1. The zero-order valence-corrected chi connectivity index (χ0v) is 7.66. The second-order valence-electron chi connectivity index (χ2n) is 3.21. The lowest BCUT2D eigenvalue weighted by Gasteiger charge is -1.98. The van der Waals surface area contributed by atoms with E-state index in [9.17, 15) is 4.79 Å². The molecule has 3 nitrogen and oxygen atoms in total. The molecule has 0 bridgehead atoms. The number of pyridine rings is 1. The predicted octanol–water partition coefficient (Wildman–Crippen LogP) is 1.71. The van der Waals surface area contributed by atoms with Crippen LogP contribution in [0.4, 0.5) is 0 Å². The molecule has 3 heteroatoms. The second-order valence-corrected chi connectivity index (χ2v) is 3.21. The first kappa shape index (κ1) is 8.52. The minimum Gasteiger partial charge on any atom is -0.321 e. The number of fused-ring (bicyclic) bond motifs is 1. The third-order valence-electron chi connectivity index (χ3n) is 2.12. The van der Waals surface area contributed by atoms with Crippen molar-refractivity contribution in [2.75, 3.05) is 0 Å². The first-order valence-corrected chi connectivity index (χ1v) is 4.24. The minimum atomic E-state index is -0.328. The van der Waals surface area contributed by atoms with Gasteiger partial charge in [0.1, 0.15) is 11.6 Å². The molecule has 1 N–H and O–H groups in total. The Morgan fingerprint density at radius 2 is 2.14 bits per heavy atom. The van der Waals surface area contributed by atoms with E-state index < -0.39 is 0 Å². The van der Waals surface area contributed by atoms with Gasteiger partial charge in [-0.2, -0.15) is 5.26 Å². The summed E-state index contributed by atoms with van der Waals surface area (Å²) in [5.74, 6) is 0. The van der Waals surface area contributed by atoms with Crippen LogP contribution in [-0.2, 0) is 0 Å². The van der Waals surface area contributed by atoms with E-state index in [0.717, 1.165) is 16.5 Å². The molecule has 0 aliphatic carbocycles. The largest absolute Gasteiger partial charge is 0.321 e. The van der Waals surface area contributed by atoms with E-state index in [1.165, 1.54) is 0 Å². The molecule has 0 unspecified atom stereocenters. The fourth-order valence-corrected chi connectivity index (χ4v) is 1.40. The highest BCUT2D eigenvalue weighted by molar-refractivity contribution is 5.80. The van der Waals surface area contributed by atoms with Crippen molar-refractivity contribution in [3.8, 4) is 6.07 Å². The third kappa shape index (κ3) is 1.27. The molecule has 2 rings (SSSR count). The van der Waals surface area contributed by atoms with Crippen LogP contribution in [0.15, 0.2) is 29.1 Å². The Hall–Kier alpha value is -2.08. The van der Waals surface area contributed by atoms with Crippen molar-refractivity contribution in [2.24, 2.45) is 0 Å². The summed E-state index contributed by atoms with van der Waals surface area (Å²) in [5, 5.41) is 9.54. The van der Waals surface area contributed by atoms with Crippen LogP contribution in [0.5, 0.6) is 0 Å². The lowest BCUT2D eigenvalue weighted by Crippen LogP contribution is -2.09. The molecule has 0 atom stereocenters. The highest BCUT2D eigenvalue weighted by atomic mass is 16.1. The molecule has 1 aromatic heterocycles. The quantitative estimate of drug-likeness (QED) is 0.677. The Morgan fingerprint density at radius 3 is 2.86 bits per heavy atom. The average Bonchev–Trinajstić information content (AvgIpc) is 2.16. The fraction of sp³-hybridized carbons (Fsp3) is 0.0909. The minimum absolute atomic E-state index is 0.154.